The highest BCUT2D eigenvalue weighted by Crippen LogP contribution is 2.67. The number of benzene rings is 1. The lowest BCUT2D eigenvalue weighted by molar-refractivity contribution is -0.194. The number of carbonyl (C=O) groups is 1. The number of aliphatic hydroxyl groups is 4. The van der Waals surface area contributed by atoms with Crippen molar-refractivity contribution in [1.82, 2.24) is 10.6 Å². The highest BCUT2D eigenvalue weighted by molar-refractivity contribution is 5.74. The molecule has 0 aromatic heterocycles. The fraction of sp³-hybridized carbons (Fsp3) is 0.587. The number of aldehydes is 1. The maximum absolute atomic E-state index is 12.9. The molecule has 1 heterocycles. The van der Waals surface area contributed by atoms with Crippen LogP contribution in [0, 0.1) is 35.0 Å². The zero-order valence-electron chi connectivity index (χ0n) is 33.1. The van der Waals surface area contributed by atoms with E-state index in [1.54, 1.807) is 0 Å². The van der Waals surface area contributed by atoms with Crippen LogP contribution in [0.3, 0.4) is 0 Å². The zero-order valence-corrected chi connectivity index (χ0v) is 33.1. The standard InChI is InChI=1S/C46H66N2O6/c1-31-12-13-38(26-36-10-7-9-35(25-36)24-34(4)48-28-31)32(2)8-6-11-40(30-54-23-22-50)41-16-18-46(44(41)52)43-37(17-21-49)14-15-39(42(43)33(3)29-51)27-45(46,53)19-20-47-5/h6-12,14-15,25,29,34,37-39,41,43-44,47-50,52-53H,2,13,16-24,26-28,30H2,1,3-5H3/b8-6+,31-12+,40-11-,42-33?/t34-,37-,38-,39-,41-,43-,44+,45+,46+/m0/s1. The SMILES string of the molecule is C=C(/C=C/C=C(/COCCO)[C@@H]1CC[C@]2([C@@H]1O)[C@@H]1C(=C(C)C=O)[C@@H](C=C[C@H]1CCO)C[C@]2(O)CCNC)[C@H]1C/C=C(\C)CN[C@@H](C)Cc2cccc(c2)C1. The smallest absolute Gasteiger partial charge is 0.145 e. The summed E-state index contributed by atoms with van der Waals surface area (Å²) in [5.41, 5.74) is 5.37. The Hall–Kier alpha value is -2.95. The van der Waals surface area contributed by atoms with Gasteiger partial charge in [-0.15, -0.1) is 0 Å². The lowest BCUT2D eigenvalue weighted by atomic mass is 9.45. The molecule has 9 atom stereocenters. The Bertz CT molecular complexity index is 1610. The van der Waals surface area contributed by atoms with Gasteiger partial charge in [0, 0.05) is 36.4 Å². The molecule has 2 saturated carbocycles. The number of carbonyl (C=O) groups excluding carboxylic acids is 1. The van der Waals surface area contributed by atoms with Crippen LogP contribution in [0.25, 0.3) is 0 Å². The maximum atomic E-state index is 12.9. The topological polar surface area (TPSA) is 131 Å². The monoisotopic (exact) mass is 742 g/mol. The van der Waals surface area contributed by atoms with E-state index < -0.39 is 17.1 Å². The van der Waals surface area contributed by atoms with Gasteiger partial charge < -0.3 is 35.8 Å². The second-order valence-electron chi connectivity index (χ2n) is 16.6. The summed E-state index contributed by atoms with van der Waals surface area (Å²) in [5.74, 6) is -0.650. The van der Waals surface area contributed by atoms with Crippen molar-refractivity contribution in [3.63, 3.8) is 0 Å². The van der Waals surface area contributed by atoms with Crippen molar-refractivity contribution < 1.29 is 30.0 Å². The minimum absolute atomic E-state index is 0.0269. The predicted molar refractivity (Wildman–Crippen MR) is 217 cm³/mol. The van der Waals surface area contributed by atoms with Crippen LogP contribution in [0.4, 0.5) is 0 Å². The normalized spacial score (nSPS) is 35.0. The first kappa shape index (κ1) is 42.2. The third-order valence-electron chi connectivity index (χ3n) is 13.0. The van der Waals surface area contributed by atoms with Gasteiger partial charge in [-0.05, 0) is 126 Å². The molecular formula is C46H66N2O6. The Morgan fingerprint density at radius 2 is 1.94 bits per heavy atom. The average molecular weight is 743 g/mol. The van der Waals surface area contributed by atoms with Crippen LogP contribution in [-0.2, 0) is 22.4 Å². The molecule has 4 bridgehead atoms. The number of hydrogen-bond acceptors (Lipinski definition) is 8. The Balaban J connectivity index is 1.49. The summed E-state index contributed by atoms with van der Waals surface area (Å²) in [6.45, 7) is 12.5. The van der Waals surface area contributed by atoms with Gasteiger partial charge in [-0.1, -0.05) is 84.0 Å². The summed E-state index contributed by atoms with van der Waals surface area (Å²) in [7, 11) is 1.87. The summed E-state index contributed by atoms with van der Waals surface area (Å²) < 4.78 is 5.94. The first-order valence-electron chi connectivity index (χ1n) is 20.2. The molecule has 5 rings (SSSR count). The van der Waals surface area contributed by atoms with Crippen LogP contribution in [0.1, 0.15) is 70.4 Å². The molecule has 1 aromatic rings. The molecule has 1 aliphatic heterocycles. The largest absolute Gasteiger partial charge is 0.396 e. The molecule has 0 amide bonds. The molecular weight excluding hydrogens is 677 g/mol. The molecule has 54 heavy (non-hydrogen) atoms. The van der Waals surface area contributed by atoms with Crippen molar-refractivity contribution >= 4 is 6.29 Å². The van der Waals surface area contributed by atoms with Gasteiger partial charge in [0.05, 0.1) is 31.5 Å². The van der Waals surface area contributed by atoms with E-state index in [4.69, 9.17) is 4.74 Å². The Labute approximate surface area is 323 Å². The summed E-state index contributed by atoms with van der Waals surface area (Å²) in [6.07, 6.45) is 18.0. The van der Waals surface area contributed by atoms with Crippen LogP contribution in [-0.4, -0.2) is 91.0 Å². The lowest BCUT2D eigenvalue weighted by Gasteiger charge is -2.61. The van der Waals surface area contributed by atoms with E-state index >= 15 is 0 Å². The van der Waals surface area contributed by atoms with Crippen LogP contribution >= 0.6 is 0 Å². The number of hydrogen-bond donors (Lipinski definition) is 6. The highest BCUT2D eigenvalue weighted by Gasteiger charge is 2.68. The summed E-state index contributed by atoms with van der Waals surface area (Å²) in [4.78, 5) is 12.4. The first-order chi connectivity index (χ1) is 26.0. The van der Waals surface area contributed by atoms with E-state index in [9.17, 15) is 25.2 Å². The van der Waals surface area contributed by atoms with E-state index in [0.717, 1.165) is 48.8 Å². The molecule has 4 aliphatic rings. The van der Waals surface area contributed by atoms with Crippen LogP contribution in [0.2, 0.25) is 0 Å². The van der Waals surface area contributed by atoms with Crippen molar-refractivity contribution in [2.24, 2.45) is 35.0 Å². The Morgan fingerprint density at radius 3 is 2.67 bits per heavy atom. The van der Waals surface area contributed by atoms with Gasteiger partial charge >= 0.3 is 0 Å². The van der Waals surface area contributed by atoms with E-state index in [-0.39, 0.29) is 56.0 Å². The third-order valence-corrected chi connectivity index (χ3v) is 13.0. The summed E-state index contributed by atoms with van der Waals surface area (Å²) in [5, 5.41) is 52.3. The molecule has 8 heteroatoms. The molecule has 2 fully saturated rings. The van der Waals surface area contributed by atoms with Crippen molar-refractivity contribution in [1.29, 1.82) is 0 Å². The quantitative estimate of drug-likeness (QED) is 0.0479. The van der Waals surface area contributed by atoms with Gasteiger partial charge in [0.15, 0.2) is 0 Å². The molecule has 1 spiro atoms. The number of nitrogens with one attached hydrogen (secondary N) is 2. The fourth-order valence-corrected chi connectivity index (χ4v) is 10.3. The van der Waals surface area contributed by atoms with Crippen LogP contribution in [0.15, 0.2) is 95.2 Å². The lowest BCUT2D eigenvalue weighted by Crippen LogP contribution is -2.65. The molecule has 0 saturated heterocycles. The zero-order chi connectivity index (χ0) is 38.9. The number of fused-ring (bicyclic) bond motifs is 5. The van der Waals surface area contributed by atoms with Crippen molar-refractivity contribution in [2.45, 2.75) is 89.9 Å². The third kappa shape index (κ3) is 9.18. The number of aliphatic hydroxyl groups excluding tert-OH is 3. The summed E-state index contributed by atoms with van der Waals surface area (Å²) >= 11 is 0. The van der Waals surface area contributed by atoms with Gasteiger partial charge in [0.1, 0.15) is 6.29 Å². The van der Waals surface area contributed by atoms with Crippen molar-refractivity contribution in [3.05, 3.63) is 106 Å². The van der Waals surface area contributed by atoms with E-state index in [1.165, 1.54) is 16.7 Å². The van der Waals surface area contributed by atoms with E-state index in [2.05, 4.69) is 79.6 Å². The second kappa shape index (κ2) is 19.3. The van der Waals surface area contributed by atoms with E-state index in [0.29, 0.717) is 50.3 Å². The van der Waals surface area contributed by atoms with Gasteiger partial charge in [0.25, 0.3) is 0 Å². The molecule has 1 aromatic carbocycles. The molecule has 0 unspecified atom stereocenters. The van der Waals surface area contributed by atoms with Gasteiger partial charge in [-0.2, -0.15) is 0 Å². The Morgan fingerprint density at radius 1 is 1.17 bits per heavy atom. The van der Waals surface area contributed by atoms with Gasteiger partial charge in [-0.25, -0.2) is 0 Å². The van der Waals surface area contributed by atoms with Gasteiger partial charge in [0.2, 0.25) is 0 Å². The highest BCUT2D eigenvalue weighted by atomic mass is 16.5. The number of allylic oxidation sites excluding steroid dienone is 9. The Kier molecular flexibility index (Phi) is 15.1. The predicted octanol–water partition coefficient (Wildman–Crippen LogP) is 5.58. The van der Waals surface area contributed by atoms with Crippen molar-refractivity contribution in [2.75, 3.05) is 46.6 Å². The molecule has 296 valence electrons. The van der Waals surface area contributed by atoms with Gasteiger partial charge in [-0.3, -0.25) is 4.79 Å². The van der Waals surface area contributed by atoms with Crippen molar-refractivity contribution in [3.8, 4) is 0 Å². The second-order valence-corrected chi connectivity index (χ2v) is 16.6. The fourth-order valence-electron chi connectivity index (χ4n) is 10.3. The average Bonchev–Trinajstić information content (AvgIpc) is 3.50. The molecule has 8 nitrogen and oxygen atoms in total. The molecule has 6 N–H and O–H groups in total. The molecule has 0 radical (unpaired) electrons. The van der Waals surface area contributed by atoms with Crippen LogP contribution < -0.4 is 10.6 Å². The van der Waals surface area contributed by atoms with E-state index in [1.807, 2.05) is 26.1 Å². The summed E-state index contributed by atoms with van der Waals surface area (Å²) in [6, 6.07) is 9.28. The number of rotatable bonds is 14. The maximum Gasteiger partial charge on any atom is 0.145 e. The van der Waals surface area contributed by atoms with Crippen LogP contribution in [0.5, 0.6) is 0 Å². The first-order valence-corrected chi connectivity index (χ1v) is 20.2. The minimum Gasteiger partial charge on any atom is -0.396 e. The molecule has 3 aliphatic carbocycles. The minimum atomic E-state index is -1.21. The number of ether oxygens (including phenoxy) is 1.